The van der Waals surface area contributed by atoms with E-state index in [0.717, 1.165) is 17.7 Å². The molecule has 0 spiro atoms. The maximum absolute atomic E-state index is 13.2. The predicted octanol–water partition coefficient (Wildman–Crippen LogP) is 4.11. The summed E-state index contributed by atoms with van der Waals surface area (Å²) >= 11 is 0. The van der Waals surface area contributed by atoms with E-state index in [1.165, 1.54) is 11.0 Å². The van der Waals surface area contributed by atoms with Crippen molar-refractivity contribution in [3.05, 3.63) is 59.2 Å². The van der Waals surface area contributed by atoms with Crippen LogP contribution in [-0.4, -0.2) is 18.4 Å². The maximum atomic E-state index is 13.2. The molecule has 2 aliphatic heterocycles. The van der Waals surface area contributed by atoms with Crippen molar-refractivity contribution in [2.45, 2.75) is 31.4 Å². The van der Waals surface area contributed by atoms with Gasteiger partial charge in [0, 0.05) is 24.3 Å². The van der Waals surface area contributed by atoms with Gasteiger partial charge in [0.1, 0.15) is 0 Å². The molecule has 1 N–H and O–H groups in total. The van der Waals surface area contributed by atoms with E-state index in [1.54, 1.807) is 24.3 Å². The van der Waals surface area contributed by atoms with Crippen LogP contribution in [-0.2, 0) is 22.2 Å². The molecular formula is C20H17F3N2O2. The summed E-state index contributed by atoms with van der Waals surface area (Å²) < 4.78 is 39.0. The van der Waals surface area contributed by atoms with Crippen LogP contribution >= 0.6 is 0 Å². The predicted molar refractivity (Wildman–Crippen MR) is 94.5 cm³/mol. The number of halogens is 3. The number of carbonyl (C=O) groups is 2. The minimum atomic E-state index is -4.41. The van der Waals surface area contributed by atoms with Crippen LogP contribution in [0.2, 0.25) is 0 Å². The number of nitrogens with zero attached hydrogens (tertiary/aromatic N) is 1. The van der Waals surface area contributed by atoms with Crippen LogP contribution in [0.15, 0.2) is 42.5 Å². The van der Waals surface area contributed by atoms with E-state index in [0.29, 0.717) is 36.3 Å². The fourth-order valence-electron chi connectivity index (χ4n) is 3.82. The third kappa shape index (κ3) is 3.18. The number of alkyl halides is 3. The highest BCUT2D eigenvalue weighted by Crippen LogP contribution is 2.38. The molecule has 2 aliphatic rings. The van der Waals surface area contributed by atoms with Gasteiger partial charge in [-0.1, -0.05) is 18.2 Å². The largest absolute Gasteiger partial charge is 0.416 e. The molecule has 0 saturated carbocycles. The Labute approximate surface area is 154 Å². The number of amides is 2. The monoisotopic (exact) mass is 374 g/mol. The molecule has 2 amide bonds. The van der Waals surface area contributed by atoms with Gasteiger partial charge < -0.3 is 10.2 Å². The molecule has 0 fully saturated rings. The quantitative estimate of drug-likeness (QED) is 0.817. The SMILES string of the molecule is O=C1C[C@@H](C(=O)N2CCCc3cc(C(F)(F)F)ccc32)c2ccccc2N1. The lowest BCUT2D eigenvalue weighted by atomic mass is 9.88. The summed E-state index contributed by atoms with van der Waals surface area (Å²) in [7, 11) is 0. The number of fused-ring (bicyclic) bond motifs is 2. The normalized spacial score (nSPS) is 19.1. The lowest BCUT2D eigenvalue weighted by molar-refractivity contribution is -0.137. The summed E-state index contributed by atoms with van der Waals surface area (Å²) in [5.74, 6) is -1.13. The molecule has 2 heterocycles. The summed E-state index contributed by atoms with van der Waals surface area (Å²) in [6, 6.07) is 10.6. The molecule has 0 unspecified atom stereocenters. The number of anilines is 2. The third-order valence-corrected chi connectivity index (χ3v) is 5.09. The Bertz CT molecular complexity index is 924. The molecule has 0 radical (unpaired) electrons. The van der Waals surface area contributed by atoms with E-state index in [4.69, 9.17) is 0 Å². The van der Waals surface area contributed by atoms with Crippen LogP contribution in [0.5, 0.6) is 0 Å². The molecule has 1 atom stereocenters. The van der Waals surface area contributed by atoms with Crippen molar-refractivity contribution in [2.75, 3.05) is 16.8 Å². The van der Waals surface area contributed by atoms with E-state index < -0.39 is 17.7 Å². The second-order valence-electron chi connectivity index (χ2n) is 6.83. The van der Waals surface area contributed by atoms with Gasteiger partial charge >= 0.3 is 6.18 Å². The molecule has 4 nitrogen and oxygen atoms in total. The van der Waals surface area contributed by atoms with Crippen LogP contribution in [0.1, 0.15) is 35.4 Å². The fourth-order valence-corrected chi connectivity index (χ4v) is 3.82. The first kappa shape index (κ1) is 17.6. The van der Waals surface area contributed by atoms with Crippen LogP contribution < -0.4 is 10.2 Å². The van der Waals surface area contributed by atoms with Gasteiger partial charge in [-0.25, -0.2) is 0 Å². The van der Waals surface area contributed by atoms with Crippen molar-refractivity contribution >= 4 is 23.2 Å². The molecule has 0 aromatic heterocycles. The van der Waals surface area contributed by atoms with Gasteiger partial charge in [-0.05, 0) is 48.2 Å². The third-order valence-electron chi connectivity index (χ3n) is 5.09. The van der Waals surface area contributed by atoms with E-state index in [1.807, 2.05) is 0 Å². The summed E-state index contributed by atoms with van der Waals surface area (Å²) in [5, 5.41) is 2.76. The first-order valence-electron chi connectivity index (χ1n) is 8.75. The van der Waals surface area contributed by atoms with E-state index in [2.05, 4.69) is 5.32 Å². The molecular weight excluding hydrogens is 357 g/mol. The van der Waals surface area contributed by atoms with Crippen LogP contribution in [0.25, 0.3) is 0 Å². The van der Waals surface area contributed by atoms with Crippen LogP contribution in [0.4, 0.5) is 24.5 Å². The van der Waals surface area contributed by atoms with Crippen molar-refractivity contribution in [3.8, 4) is 0 Å². The molecule has 0 saturated heterocycles. The van der Waals surface area contributed by atoms with Crippen molar-refractivity contribution in [1.29, 1.82) is 0 Å². The van der Waals surface area contributed by atoms with Crippen molar-refractivity contribution in [2.24, 2.45) is 0 Å². The Morgan fingerprint density at radius 1 is 1.15 bits per heavy atom. The van der Waals surface area contributed by atoms with E-state index >= 15 is 0 Å². The Morgan fingerprint density at radius 3 is 2.70 bits per heavy atom. The zero-order valence-corrected chi connectivity index (χ0v) is 14.3. The van der Waals surface area contributed by atoms with Crippen LogP contribution in [0.3, 0.4) is 0 Å². The highest BCUT2D eigenvalue weighted by atomic mass is 19.4. The summed E-state index contributed by atoms with van der Waals surface area (Å²) in [6.45, 7) is 0.428. The molecule has 7 heteroatoms. The number of hydrogen-bond donors (Lipinski definition) is 1. The van der Waals surface area contributed by atoms with E-state index in [9.17, 15) is 22.8 Å². The summed E-state index contributed by atoms with van der Waals surface area (Å²) in [5.41, 5.74) is 1.65. The lowest BCUT2D eigenvalue weighted by Crippen LogP contribution is -2.41. The topological polar surface area (TPSA) is 49.4 Å². The number of aryl methyl sites for hydroxylation is 1. The smallest absolute Gasteiger partial charge is 0.326 e. The Kier molecular flexibility index (Phi) is 4.17. The number of nitrogens with one attached hydrogen (secondary N) is 1. The number of para-hydroxylation sites is 1. The van der Waals surface area contributed by atoms with Gasteiger partial charge in [0.05, 0.1) is 11.5 Å². The summed E-state index contributed by atoms with van der Waals surface area (Å²) in [6.07, 6.45) is -3.31. The van der Waals surface area contributed by atoms with Gasteiger partial charge in [-0.15, -0.1) is 0 Å². The molecule has 27 heavy (non-hydrogen) atoms. The maximum Gasteiger partial charge on any atom is 0.416 e. The lowest BCUT2D eigenvalue weighted by Gasteiger charge is -2.34. The minimum Gasteiger partial charge on any atom is -0.326 e. The van der Waals surface area contributed by atoms with Crippen LogP contribution in [0, 0.1) is 0 Å². The molecule has 2 aromatic rings. The Balaban J connectivity index is 1.70. The first-order chi connectivity index (χ1) is 12.8. The molecule has 2 aromatic carbocycles. The summed E-state index contributed by atoms with van der Waals surface area (Å²) in [4.78, 5) is 26.8. The van der Waals surface area contributed by atoms with Gasteiger partial charge in [0.2, 0.25) is 11.8 Å². The minimum absolute atomic E-state index is 0.0301. The highest BCUT2D eigenvalue weighted by molar-refractivity contribution is 6.06. The number of benzene rings is 2. The zero-order chi connectivity index (χ0) is 19.2. The van der Waals surface area contributed by atoms with Gasteiger partial charge in [0.25, 0.3) is 0 Å². The number of rotatable bonds is 1. The van der Waals surface area contributed by atoms with Crippen molar-refractivity contribution in [3.63, 3.8) is 0 Å². The number of hydrogen-bond acceptors (Lipinski definition) is 2. The molecule has 4 rings (SSSR count). The van der Waals surface area contributed by atoms with Crippen molar-refractivity contribution < 1.29 is 22.8 Å². The fraction of sp³-hybridized carbons (Fsp3) is 0.300. The van der Waals surface area contributed by atoms with Crippen molar-refractivity contribution in [1.82, 2.24) is 0 Å². The zero-order valence-electron chi connectivity index (χ0n) is 14.3. The average molecular weight is 374 g/mol. The first-order valence-corrected chi connectivity index (χ1v) is 8.75. The van der Waals surface area contributed by atoms with Gasteiger partial charge in [0.15, 0.2) is 0 Å². The standard InChI is InChI=1S/C20H17F3N2O2/c21-20(22,23)13-7-8-17-12(10-13)4-3-9-25(17)19(27)15-11-18(26)24-16-6-2-1-5-14(15)16/h1-2,5-8,10,15H,3-4,9,11H2,(H,24,26)/t15-/m1/s1. The molecule has 140 valence electrons. The van der Waals surface area contributed by atoms with E-state index in [-0.39, 0.29) is 18.2 Å². The number of carbonyl (C=O) groups excluding carboxylic acids is 2. The van der Waals surface area contributed by atoms with Gasteiger partial charge in [-0.2, -0.15) is 13.2 Å². The Morgan fingerprint density at radius 2 is 1.93 bits per heavy atom. The highest BCUT2D eigenvalue weighted by Gasteiger charge is 2.36. The van der Waals surface area contributed by atoms with Gasteiger partial charge in [-0.3, -0.25) is 9.59 Å². The Hall–Kier alpha value is -2.83. The molecule has 0 bridgehead atoms. The second kappa shape index (κ2) is 6.40. The average Bonchev–Trinajstić information content (AvgIpc) is 2.65. The molecule has 0 aliphatic carbocycles. The second-order valence-corrected chi connectivity index (χ2v) is 6.83.